The molecule has 0 saturated heterocycles. The van der Waals surface area contributed by atoms with Gasteiger partial charge in [0.2, 0.25) is 5.95 Å². The van der Waals surface area contributed by atoms with E-state index in [0.717, 1.165) is 53.3 Å². The molecular formula is C27H37N5O3. The monoisotopic (exact) mass is 479 g/mol. The first kappa shape index (κ1) is 24.8. The minimum absolute atomic E-state index is 0.0786. The standard InChI is InChI=1S/C27H37N5O3/c1-16-14-22(28-7)31-25(29-16)30-21-15-20-11-13-34-24(20)23(18(21)3)19-9-8-17(2)32(12-10-19)26(33)35-27(4,5)6/h10,14-15,17H,8-9,11-13H2,1-7H3,(H2,28,29,30,31). The van der Waals surface area contributed by atoms with Crippen LogP contribution in [0, 0.1) is 13.8 Å². The molecule has 0 bridgehead atoms. The fraction of sp³-hybridized carbons (Fsp3) is 0.519. The van der Waals surface area contributed by atoms with Crippen LogP contribution in [0.25, 0.3) is 5.57 Å². The number of carbonyl (C=O) groups excluding carboxylic acids is 1. The molecule has 0 saturated carbocycles. The molecule has 0 radical (unpaired) electrons. The van der Waals surface area contributed by atoms with Crippen molar-refractivity contribution in [2.24, 2.45) is 0 Å². The molecule has 3 heterocycles. The van der Waals surface area contributed by atoms with Gasteiger partial charge in [-0.1, -0.05) is 6.08 Å². The lowest BCUT2D eigenvalue weighted by Crippen LogP contribution is -2.41. The lowest BCUT2D eigenvalue weighted by atomic mass is 9.91. The van der Waals surface area contributed by atoms with Crippen LogP contribution >= 0.6 is 0 Å². The van der Waals surface area contributed by atoms with E-state index in [1.807, 2.05) is 45.7 Å². The number of fused-ring (bicyclic) bond motifs is 1. The first-order chi connectivity index (χ1) is 16.6. The summed E-state index contributed by atoms with van der Waals surface area (Å²) in [5, 5.41) is 6.53. The highest BCUT2D eigenvalue weighted by Crippen LogP contribution is 2.43. The van der Waals surface area contributed by atoms with E-state index >= 15 is 0 Å². The Labute approximate surface area is 208 Å². The maximum absolute atomic E-state index is 12.8. The van der Waals surface area contributed by atoms with Crippen molar-refractivity contribution in [2.45, 2.75) is 72.4 Å². The van der Waals surface area contributed by atoms with Crippen LogP contribution in [0.15, 0.2) is 18.2 Å². The Morgan fingerprint density at radius 2 is 1.97 bits per heavy atom. The van der Waals surface area contributed by atoms with Gasteiger partial charge in [-0.2, -0.15) is 4.98 Å². The highest BCUT2D eigenvalue weighted by molar-refractivity contribution is 5.81. The average molecular weight is 480 g/mol. The quantitative estimate of drug-likeness (QED) is 0.589. The molecule has 4 rings (SSSR count). The first-order valence-electron chi connectivity index (χ1n) is 12.3. The van der Waals surface area contributed by atoms with Crippen molar-refractivity contribution in [1.29, 1.82) is 0 Å². The van der Waals surface area contributed by atoms with E-state index in [2.05, 4.69) is 46.6 Å². The number of hydrogen-bond donors (Lipinski definition) is 2. The normalized spacial score (nSPS) is 17.7. The van der Waals surface area contributed by atoms with Crippen LogP contribution in [-0.2, 0) is 11.2 Å². The first-order valence-corrected chi connectivity index (χ1v) is 12.3. The number of aromatic nitrogens is 2. The van der Waals surface area contributed by atoms with Gasteiger partial charge in [0.15, 0.2) is 0 Å². The van der Waals surface area contributed by atoms with Gasteiger partial charge in [0, 0.05) is 54.6 Å². The summed E-state index contributed by atoms with van der Waals surface area (Å²) in [5.41, 5.74) is 5.91. The predicted molar refractivity (Wildman–Crippen MR) is 140 cm³/mol. The van der Waals surface area contributed by atoms with Crippen molar-refractivity contribution < 1.29 is 14.3 Å². The van der Waals surface area contributed by atoms with Gasteiger partial charge < -0.3 is 25.0 Å². The molecule has 2 aliphatic heterocycles. The van der Waals surface area contributed by atoms with E-state index < -0.39 is 5.60 Å². The summed E-state index contributed by atoms with van der Waals surface area (Å²) >= 11 is 0. The average Bonchev–Trinajstić information content (AvgIpc) is 3.14. The van der Waals surface area contributed by atoms with Crippen molar-refractivity contribution in [2.75, 3.05) is 30.8 Å². The summed E-state index contributed by atoms with van der Waals surface area (Å²) in [6, 6.07) is 4.14. The number of anilines is 3. The van der Waals surface area contributed by atoms with Crippen molar-refractivity contribution in [3.8, 4) is 5.75 Å². The number of hydrogen-bond acceptors (Lipinski definition) is 7. The largest absolute Gasteiger partial charge is 0.492 e. The van der Waals surface area contributed by atoms with Gasteiger partial charge >= 0.3 is 6.09 Å². The summed E-state index contributed by atoms with van der Waals surface area (Å²) in [4.78, 5) is 23.8. The summed E-state index contributed by atoms with van der Waals surface area (Å²) in [6.07, 6.45) is 4.45. The van der Waals surface area contributed by atoms with Crippen LogP contribution in [0.1, 0.15) is 62.9 Å². The van der Waals surface area contributed by atoms with Crippen LogP contribution < -0.4 is 15.4 Å². The van der Waals surface area contributed by atoms with E-state index in [1.54, 1.807) is 0 Å². The van der Waals surface area contributed by atoms with Crippen LogP contribution in [0.2, 0.25) is 0 Å². The van der Waals surface area contributed by atoms with Gasteiger partial charge in [0.25, 0.3) is 0 Å². The Hall–Kier alpha value is -3.29. The zero-order valence-electron chi connectivity index (χ0n) is 21.9. The van der Waals surface area contributed by atoms with Gasteiger partial charge in [-0.15, -0.1) is 0 Å². The molecule has 0 aliphatic carbocycles. The third-order valence-corrected chi connectivity index (χ3v) is 6.44. The number of ether oxygens (including phenoxy) is 2. The number of rotatable bonds is 4. The van der Waals surface area contributed by atoms with Gasteiger partial charge in [0.1, 0.15) is 17.2 Å². The van der Waals surface area contributed by atoms with E-state index in [9.17, 15) is 4.79 Å². The molecule has 2 aromatic rings. The molecule has 1 aromatic carbocycles. The lowest BCUT2D eigenvalue weighted by molar-refractivity contribution is 0.0201. The second-order valence-corrected chi connectivity index (χ2v) is 10.4. The second-order valence-electron chi connectivity index (χ2n) is 10.4. The van der Waals surface area contributed by atoms with Crippen molar-refractivity contribution in [3.63, 3.8) is 0 Å². The summed E-state index contributed by atoms with van der Waals surface area (Å²) in [5.74, 6) is 2.28. The van der Waals surface area contributed by atoms with Crippen LogP contribution in [0.4, 0.5) is 22.2 Å². The van der Waals surface area contributed by atoms with Gasteiger partial charge in [0.05, 0.1) is 6.61 Å². The summed E-state index contributed by atoms with van der Waals surface area (Å²) in [7, 11) is 1.85. The van der Waals surface area contributed by atoms with Gasteiger partial charge in [-0.05, 0) is 71.6 Å². The predicted octanol–water partition coefficient (Wildman–Crippen LogP) is 5.62. The molecule has 8 heteroatoms. The van der Waals surface area contributed by atoms with Crippen LogP contribution in [0.3, 0.4) is 0 Å². The van der Waals surface area contributed by atoms with Crippen molar-refractivity contribution in [3.05, 3.63) is 40.6 Å². The zero-order chi connectivity index (χ0) is 25.3. The number of benzene rings is 1. The van der Waals surface area contributed by atoms with Crippen molar-refractivity contribution in [1.82, 2.24) is 14.9 Å². The maximum Gasteiger partial charge on any atom is 0.410 e. The highest BCUT2D eigenvalue weighted by atomic mass is 16.6. The van der Waals surface area contributed by atoms with Crippen LogP contribution in [0.5, 0.6) is 5.75 Å². The number of aryl methyl sites for hydroxylation is 1. The Bertz CT molecular complexity index is 1150. The minimum atomic E-state index is -0.522. The number of nitrogens with zero attached hydrogens (tertiary/aromatic N) is 3. The summed E-state index contributed by atoms with van der Waals surface area (Å²) in [6.45, 7) is 13.0. The number of nitrogens with one attached hydrogen (secondary N) is 2. The fourth-order valence-electron chi connectivity index (χ4n) is 4.63. The highest BCUT2D eigenvalue weighted by Gasteiger charge is 2.30. The van der Waals surface area contributed by atoms with Gasteiger partial charge in [-0.3, -0.25) is 0 Å². The van der Waals surface area contributed by atoms with Gasteiger partial charge in [-0.25, -0.2) is 9.78 Å². The Kier molecular flexibility index (Phi) is 6.92. The molecule has 35 heavy (non-hydrogen) atoms. The summed E-state index contributed by atoms with van der Waals surface area (Å²) < 4.78 is 11.8. The molecule has 8 nitrogen and oxygen atoms in total. The number of allylic oxidation sites excluding steroid dienone is 1. The molecule has 1 aromatic heterocycles. The Balaban J connectivity index is 1.69. The molecule has 2 N–H and O–H groups in total. The van der Waals surface area contributed by atoms with E-state index in [0.29, 0.717) is 19.1 Å². The topological polar surface area (TPSA) is 88.6 Å². The molecule has 1 unspecified atom stereocenters. The van der Waals surface area contributed by atoms with Crippen molar-refractivity contribution >= 4 is 29.1 Å². The minimum Gasteiger partial charge on any atom is -0.492 e. The third kappa shape index (κ3) is 5.52. The maximum atomic E-state index is 12.8. The Morgan fingerprint density at radius 1 is 1.20 bits per heavy atom. The second kappa shape index (κ2) is 9.76. The SMILES string of the molecule is CNc1cc(C)nc(Nc2cc3c(c(C4=CCN(C(=O)OC(C)(C)C)C(C)CC4)c2C)OCC3)n1. The molecule has 2 aliphatic rings. The van der Waals surface area contributed by atoms with E-state index in [4.69, 9.17) is 9.47 Å². The van der Waals surface area contributed by atoms with E-state index in [1.165, 1.54) is 11.1 Å². The Morgan fingerprint density at radius 3 is 2.69 bits per heavy atom. The van der Waals surface area contributed by atoms with Crippen LogP contribution in [-0.4, -0.2) is 52.8 Å². The molecular weight excluding hydrogens is 442 g/mol. The number of amides is 1. The molecule has 0 fully saturated rings. The molecule has 188 valence electrons. The molecule has 0 spiro atoms. The van der Waals surface area contributed by atoms with E-state index in [-0.39, 0.29) is 12.1 Å². The molecule has 1 amide bonds. The zero-order valence-corrected chi connectivity index (χ0v) is 21.9. The lowest BCUT2D eigenvalue weighted by Gasteiger charge is -2.30. The number of carbonyl (C=O) groups is 1. The third-order valence-electron chi connectivity index (χ3n) is 6.44. The molecule has 1 atom stereocenters. The fourth-order valence-corrected chi connectivity index (χ4v) is 4.63. The smallest absolute Gasteiger partial charge is 0.410 e.